The van der Waals surface area contributed by atoms with Crippen molar-refractivity contribution in [3.05, 3.63) is 0 Å². The van der Waals surface area contributed by atoms with Gasteiger partial charge in [0.2, 0.25) is 0 Å². The van der Waals surface area contributed by atoms with Crippen molar-refractivity contribution in [3.8, 4) is 0 Å². The van der Waals surface area contributed by atoms with Gasteiger partial charge in [0.15, 0.2) is 0 Å². The minimum atomic E-state index is -1.01. The van der Waals surface area contributed by atoms with E-state index < -0.39 is 5.97 Å². The number of alkyl halides is 1. The standard InChI is InChI=1S/C2H3IO2.Na.H2O/c3-1-2(4)5;;/h1H2,(H,4,5);;1H2/q;+1;/p-1. The summed E-state index contributed by atoms with van der Waals surface area (Å²) in [7, 11) is 0. The summed E-state index contributed by atoms with van der Waals surface area (Å²) < 4.78 is 0.0811. The van der Waals surface area contributed by atoms with E-state index in [1.54, 1.807) is 22.6 Å². The van der Waals surface area contributed by atoms with Crippen LogP contribution >= 0.6 is 22.6 Å². The van der Waals surface area contributed by atoms with Crippen molar-refractivity contribution in [1.29, 1.82) is 0 Å². The molecule has 0 saturated heterocycles. The zero-order chi connectivity index (χ0) is 4.28. The fraction of sp³-hybridized carbons (Fsp3) is 0.500. The summed E-state index contributed by atoms with van der Waals surface area (Å²) in [5, 5.41) is 9.25. The Morgan fingerprint density at radius 3 is 1.86 bits per heavy atom. The number of halogens is 1. The zero-order valence-electron chi connectivity index (χ0n) is 3.90. The molecule has 0 aromatic rings. The Morgan fingerprint density at radius 2 is 1.86 bits per heavy atom. The predicted molar refractivity (Wildman–Crippen MR) is 27.5 cm³/mol. The predicted octanol–water partition coefficient (Wildman–Crippen LogP) is -4.65. The maximum absolute atomic E-state index is 9.25. The second kappa shape index (κ2) is 10.2. The van der Waals surface area contributed by atoms with E-state index in [4.69, 9.17) is 0 Å². The van der Waals surface area contributed by atoms with Crippen LogP contribution in [0.25, 0.3) is 0 Å². The van der Waals surface area contributed by atoms with Crippen LogP contribution in [-0.4, -0.2) is 15.9 Å². The number of carbonyl (C=O) groups is 1. The summed E-state index contributed by atoms with van der Waals surface area (Å²) >= 11 is 1.72. The van der Waals surface area contributed by atoms with Crippen molar-refractivity contribution in [1.82, 2.24) is 0 Å². The van der Waals surface area contributed by atoms with E-state index in [1.807, 2.05) is 0 Å². The number of rotatable bonds is 1. The molecule has 0 saturated carbocycles. The normalized spacial score (nSPS) is 5.29. The van der Waals surface area contributed by atoms with Gasteiger partial charge in [0, 0.05) is 4.43 Å². The molecule has 0 radical (unpaired) electrons. The Balaban J connectivity index is -0.0000000800. The Hall–Kier alpha value is 1.16. The van der Waals surface area contributed by atoms with Crippen molar-refractivity contribution < 1.29 is 44.9 Å². The molecule has 0 bridgehead atoms. The van der Waals surface area contributed by atoms with Crippen LogP contribution in [0.15, 0.2) is 0 Å². The average molecular weight is 226 g/mol. The van der Waals surface area contributed by atoms with Gasteiger partial charge in [0.05, 0.1) is 5.97 Å². The number of carboxylic acid groups (broad SMARTS) is 1. The van der Waals surface area contributed by atoms with Crippen molar-refractivity contribution in [2.45, 2.75) is 0 Å². The van der Waals surface area contributed by atoms with Crippen LogP contribution in [-0.2, 0) is 4.79 Å². The van der Waals surface area contributed by atoms with E-state index in [1.165, 1.54) is 0 Å². The van der Waals surface area contributed by atoms with Crippen LogP contribution in [0.2, 0.25) is 0 Å². The first-order chi connectivity index (χ1) is 2.27. The third kappa shape index (κ3) is 19.1. The van der Waals surface area contributed by atoms with Crippen LogP contribution in [0.5, 0.6) is 0 Å². The van der Waals surface area contributed by atoms with E-state index >= 15 is 0 Å². The number of carbonyl (C=O) groups excluding carboxylic acids is 1. The third-order valence-electron chi connectivity index (χ3n) is 0.109. The molecule has 0 fully saturated rings. The van der Waals surface area contributed by atoms with Crippen LogP contribution in [0.4, 0.5) is 0 Å². The molecule has 0 aromatic carbocycles. The number of hydrogen-bond acceptors (Lipinski definition) is 2. The molecule has 3 nitrogen and oxygen atoms in total. The molecule has 0 atom stereocenters. The van der Waals surface area contributed by atoms with Crippen LogP contribution in [0, 0.1) is 0 Å². The molecule has 5 heteroatoms. The molecular formula is C2H4INaO3. The number of hydrogen-bond donors (Lipinski definition) is 0. The Morgan fingerprint density at radius 1 is 1.71 bits per heavy atom. The van der Waals surface area contributed by atoms with E-state index in [9.17, 15) is 9.90 Å². The van der Waals surface area contributed by atoms with Gasteiger partial charge in [-0.25, -0.2) is 0 Å². The maximum atomic E-state index is 9.25. The van der Waals surface area contributed by atoms with Crippen LogP contribution < -0.4 is 34.7 Å². The molecule has 7 heavy (non-hydrogen) atoms. The molecule has 0 heterocycles. The fourth-order valence-corrected chi connectivity index (χ4v) is 0. The third-order valence-corrected chi connectivity index (χ3v) is 0.732. The average Bonchev–Trinajstić information content (AvgIpc) is 1.38. The van der Waals surface area contributed by atoms with Gasteiger partial charge in [0.1, 0.15) is 0 Å². The maximum Gasteiger partial charge on any atom is 1.00 e. The first kappa shape index (κ1) is 15.7. The smallest absolute Gasteiger partial charge is 0.549 e. The van der Waals surface area contributed by atoms with Gasteiger partial charge >= 0.3 is 29.6 Å². The molecule has 0 aliphatic heterocycles. The molecule has 2 N–H and O–H groups in total. The summed E-state index contributed by atoms with van der Waals surface area (Å²) in [6.07, 6.45) is 0. The molecule has 0 aliphatic rings. The largest absolute Gasteiger partial charge is 1.00 e. The quantitative estimate of drug-likeness (QED) is 0.256. The Kier molecular flexibility index (Phi) is 22.9. The molecule has 0 unspecified atom stereocenters. The Labute approximate surface area is 77.2 Å². The van der Waals surface area contributed by atoms with Crippen molar-refractivity contribution in [2.75, 3.05) is 4.43 Å². The molecule has 0 rings (SSSR count). The van der Waals surface area contributed by atoms with Gasteiger partial charge in [-0.05, 0) is 0 Å². The van der Waals surface area contributed by atoms with Gasteiger partial charge in [-0.3, -0.25) is 0 Å². The second-order valence-corrected chi connectivity index (χ2v) is 1.27. The molecular weight excluding hydrogens is 222 g/mol. The SMILES string of the molecule is O.O=C([O-])CI.[Na+]. The van der Waals surface area contributed by atoms with Gasteiger partial charge in [-0.1, -0.05) is 22.6 Å². The van der Waals surface area contributed by atoms with Crippen molar-refractivity contribution >= 4 is 28.6 Å². The van der Waals surface area contributed by atoms with Crippen molar-refractivity contribution in [3.63, 3.8) is 0 Å². The summed E-state index contributed by atoms with van der Waals surface area (Å²) in [5.41, 5.74) is 0. The van der Waals surface area contributed by atoms with Crippen molar-refractivity contribution in [2.24, 2.45) is 0 Å². The van der Waals surface area contributed by atoms with E-state index in [2.05, 4.69) is 0 Å². The minimum Gasteiger partial charge on any atom is -0.549 e. The summed E-state index contributed by atoms with van der Waals surface area (Å²) in [5.74, 6) is -1.01. The topological polar surface area (TPSA) is 71.6 Å². The number of carboxylic acids is 1. The van der Waals surface area contributed by atoms with E-state index in [0.29, 0.717) is 0 Å². The fourth-order valence-electron chi connectivity index (χ4n) is 0. The van der Waals surface area contributed by atoms with Crippen LogP contribution in [0.3, 0.4) is 0 Å². The number of aliphatic carboxylic acids is 1. The first-order valence-electron chi connectivity index (χ1n) is 1.03. The van der Waals surface area contributed by atoms with Crippen LogP contribution in [0.1, 0.15) is 0 Å². The summed E-state index contributed by atoms with van der Waals surface area (Å²) in [4.78, 5) is 9.25. The molecule has 0 spiro atoms. The summed E-state index contributed by atoms with van der Waals surface area (Å²) in [6.45, 7) is 0. The van der Waals surface area contributed by atoms with Gasteiger partial charge < -0.3 is 15.4 Å². The van der Waals surface area contributed by atoms with E-state index in [-0.39, 0.29) is 39.5 Å². The van der Waals surface area contributed by atoms with Gasteiger partial charge in [-0.15, -0.1) is 0 Å². The monoisotopic (exact) mass is 226 g/mol. The molecule has 0 aromatic heterocycles. The minimum absolute atomic E-state index is 0. The van der Waals surface area contributed by atoms with Gasteiger partial charge in [-0.2, -0.15) is 0 Å². The molecule has 0 amide bonds. The zero-order valence-corrected chi connectivity index (χ0v) is 8.06. The first-order valence-corrected chi connectivity index (χ1v) is 2.55. The second-order valence-electron chi connectivity index (χ2n) is 0.506. The molecule has 38 valence electrons. The molecule has 0 aliphatic carbocycles. The summed E-state index contributed by atoms with van der Waals surface area (Å²) in [6, 6.07) is 0. The Bertz CT molecular complexity index is 48.2. The van der Waals surface area contributed by atoms with Gasteiger partial charge in [0.25, 0.3) is 0 Å². The van der Waals surface area contributed by atoms with E-state index in [0.717, 1.165) is 0 Å².